The summed E-state index contributed by atoms with van der Waals surface area (Å²) in [5, 5.41) is 24.2. The molecule has 0 bridgehead atoms. The van der Waals surface area contributed by atoms with Crippen LogP contribution in [0, 0.1) is 5.82 Å². The van der Waals surface area contributed by atoms with Gasteiger partial charge in [-0.3, -0.25) is 14.9 Å². The first-order valence-electron chi connectivity index (χ1n) is 9.13. The van der Waals surface area contributed by atoms with Crippen LogP contribution in [0.2, 0.25) is 0 Å². The fourth-order valence-corrected chi connectivity index (χ4v) is 3.28. The fourth-order valence-electron chi connectivity index (χ4n) is 3.28. The molecule has 0 saturated heterocycles. The second kappa shape index (κ2) is 7.71. The van der Waals surface area contributed by atoms with Crippen LogP contribution in [0.4, 0.5) is 4.39 Å². The topological polar surface area (TPSA) is 98.7 Å². The highest BCUT2D eigenvalue weighted by molar-refractivity contribution is 6.31. The number of aromatic hydroxyl groups is 2. The fraction of sp³-hybridized carbons (Fsp3) is 0.0435. The lowest BCUT2D eigenvalue weighted by atomic mass is 9.91. The molecular weight excluding hydrogens is 387 g/mol. The second-order valence-electron chi connectivity index (χ2n) is 6.79. The maximum Gasteiger partial charge on any atom is 0.260 e. The quantitative estimate of drug-likeness (QED) is 0.304. The van der Waals surface area contributed by atoms with Crippen molar-refractivity contribution in [3.8, 4) is 22.6 Å². The van der Waals surface area contributed by atoms with E-state index in [4.69, 9.17) is 0 Å². The Balaban J connectivity index is 1.68. The molecule has 4 N–H and O–H groups in total. The molecule has 30 heavy (non-hydrogen) atoms. The van der Waals surface area contributed by atoms with E-state index < -0.39 is 17.6 Å². The van der Waals surface area contributed by atoms with E-state index in [1.807, 2.05) is 0 Å². The average Bonchev–Trinajstić information content (AvgIpc) is 2.73. The van der Waals surface area contributed by atoms with E-state index in [-0.39, 0.29) is 23.6 Å². The monoisotopic (exact) mass is 404 g/mol. The van der Waals surface area contributed by atoms with Crippen LogP contribution in [-0.2, 0) is 11.3 Å². The number of hydrogen-bond acceptors (Lipinski definition) is 5. The van der Waals surface area contributed by atoms with Crippen LogP contribution in [-0.4, -0.2) is 22.0 Å². The van der Waals surface area contributed by atoms with E-state index in [2.05, 4.69) is 10.6 Å². The summed E-state index contributed by atoms with van der Waals surface area (Å²) in [5.41, 5.74) is 2.52. The van der Waals surface area contributed by atoms with Gasteiger partial charge in [0.15, 0.2) is 11.5 Å². The highest BCUT2D eigenvalue weighted by Gasteiger charge is 2.27. The molecule has 1 heterocycles. The molecule has 4 rings (SSSR count). The molecule has 0 fully saturated rings. The van der Waals surface area contributed by atoms with Crippen LogP contribution in [0.15, 0.2) is 66.9 Å². The number of imide groups is 1. The lowest BCUT2D eigenvalue weighted by Gasteiger charge is -2.19. The zero-order valence-electron chi connectivity index (χ0n) is 15.6. The molecule has 0 aliphatic carbocycles. The second-order valence-corrected chi connectivity index (χ2v) is 6.79. The number of rotatable bonds is 4. The molecule has 0 unspecified atom stereocenters. The number of nitrogens with one attached hydrogen (secondary N) is 2. The van der Waals surface area contributed by atoms with Crippen LogP contribution in [0.1, 0.15) is 21.5 Å². The molecule has 0 saturated carbocycles. The van der Waals surface area contributed by atoms with Gasteiger partial charge < -0.3 is 15.5 Å². The summed E-state index contributed by atoms with van der Waals surface area (Å²) in [4.78, 5) is 24.7. The molecule has 0 spiro atoms. The number of fused-ring (bicyclic) bond motifs is 1. The van der Waals surface area contributed by atoms with Gasteiger partial charge in [0.1, 0.15) is 5.82 Å². The van der Waals surface area contributed by atoms with Crippen molar-refractivity contribution in [2.45, 2.75) is 6.54 Å². The summed E-state index contributed by atoms with van der Waals surface area (Å²) in [6, 6.07) is 15.5. The van der Waals surface area contributed by atoms with Crippen LogP contribution in [0.25, 0.3) is 16.7 Å². The predicted octanol–water partition coefficient (Wildman–Crippen LogP) is 3.30. The molecule has 0 radical (unpaired) electrons. The van der Waals surface area contributed by atoms with Crippen molar-refractivity contribution in [3.05, 3.63) is 89.4 Å². The number of hydrogen-bond donors (Lipinski definition) is 4. The molecular formula is C23H17FN2O4. The maximum atomic E-state index is 14.2. The first-order valence-corrected chi connectivity index (χ1v) is 9.13. The smallest absolute Gasteiger partial charge is 0.260 e. The molecule has 1 aliphatic heterocycles. The molecule has 3 aromatic carbocycles. The Morgan fingerprint density at radius 2 is 1.67 bits per heavy atom. The molecule has 6 nitrogen and oxygen atoms in total. The Morgan fingerprint density at radius 3 is 2.43 bits per heavy atom. The zero-order chi connectivity index (χ0) is 21.3. The Labute approximate surface area is 171 Å². The highest BCUT2D eigenvalue weighted by Crippen LogP contribution is 2.31. The lowest BCUT2D eigenvalue weighted by molar-refractivity contribution is -0.114. The first kappa shape index (κ1) is 19.2. The van der Waals surface area contributed by atoms with E-state index in [0.717, 1.165) is 0 Å². The third kappa shape index (κ3) is 3.60. The van der Waals surface area contributed by atoms with E-state index in [1.54, 1.807) is 42.5 Å². The number of carbonyl (C=O) groups is 2. The van der Waals surface area contributed by atoms with Gasteiger partial charge in [-0.1, -0.05) is 30.3 Å². The number of halogens is 1. The van der Waals surface area contributed by atoms with E-state index in [9.17, 15) is 24.2 Å². The number of benzene rings is 3. The van der Waals surface area contributed by atoms with Gasteiger partial charge in [0.25, 0.3) is 11.8 Å². The number of phenolic OH excluding ortho intramolecular Hbond substituents is 2. The minimum Gasteiger partial charge on any atom is -0.504 e. The average molecular weight is 404 g/mol. The highest BCUT2D eigenvalue weighted by atomic mass is 19.1. The van der Waals surface area contributed by atoms with Gasteiger partial charge in [-0.15, -0.1) is 0 Å². The molecule has 7 heteroatoms. The summed E-state index contributed by atoms with van der Waals surface area (Å²) >= 11 is 0. The van der Waals surface area contributed by atoms with Gasteiger partial charge in [0, 0.05) is 29.4 Å². The van der Waals surface area contributed by atoms with Crippen molar-refractivity contribution in [2.24, 2.45) is 0 Å². The van der Waals surface area contributed by atoms with Crippen molar-refractivity contribution in [1.82, 2.24) is 10.6 Å². The third-order valence-corrected chi connectivity index (χ3v) is 4.80. The van der Waals surface area contributed by atoms with E-state index >= 15 is 0 Å². The van der Waals surface area contributed by atoms with Crippen molar-refractivity contribution < 1.29 is 24.2 Å². The van der Waals surface area contributed by atoms with E-state index in [0.29, 0.717) is 27.8 Å². The summed E-state index contributed by atoms with van der Waals surface area (Å²) in [5.74, 6) is -1.96. The molecule has 3 aromatic rings. The number of carbonyl (C=O) groups excluding carboxylic acids is 2. The maximum absolute atomic E-state index is 14.2. The summed E-state index contributed by atoms with van der Waals surface area (Å²) in [6.45, 7) is 0.265. The molecule has 2 amide bonds. The normalized spacial score (nSPS) is 14.4. The van der Waals surface area contributed by atoms with Crippen molar-refractivity contribution in [1.29, 1.82) is 0 Å². The number of phenols is 2. The standard InChI is InChI=1S/C23H17FN2O4/c24-19-4-2-1-3-15(19)14-6-7-16-17(10-14)18(23(30)26-22(16)29)12-25-11-13-5-8-20(27)21(28)9-13/h1-10,12,25,27-28H,11H2,(H,26,29,30)/b18-12+. The Morgan fingerprint density at radius 1 is 0.867 bits per heavy atom. The summed E-state index contributed by atoms with van der Waals surface area (Å²) in [6.07, 6.45) is 1.47. The van der Waals surface area contributed by atoms with Crippen LogP contribution < -0.4 is 10.6 Å². The largest absolute Gasteiger partial charge is 0.504 e. The van der Waals surface area contributed by atoms with Gasteiger partial charge in [-0.2, -0.15) is 0 Å². The lowest BCUT2D eigenvalue weighted by Crippen LogP contribution is -2.37. The minimum atomic E-state index is -0.570. The Kier molecular flexibility index (Phi) is 4.93. The van der Waals surface area contributed by atoms with Gasteiger partial charge in [0.2, 0.25) is 0 Å². The van der Waals surface area contributed by atoms with Crippen molar-refractivity contribution >= 4 is 17.4 Å². The van der Waals surface area contributed by atoms with Gasteiger partial charge in [0.05, 0.1) is 5.57 Å². The van der Waals surface area contributed by atoms with E-state index in [1.165, 1.54) is 24.4 Å². The first-order chi connectivity index (χ1) is 14.4. The van der Waals surface area contributed by atoms with Crippen LogP contribution in [0.3, 0.4) is 0 Å². The summed E-state index contributed by atoms with van der Waals surface area (Å²) in [7, 11) is 0. The van der Waals surface area contributed by atoms with Crippen LogP contribution >= 0.6 is 0 Å². The van der Waals surface area contributed by atoms with Crippen molar-refractivity contribution in [2.75, 3.05) is 0 Å². The number of amides is 2. The van der Waals surface area contributed by atoms with Crippen LogP contribution in [0.5, 0.6) is 11.5 Å². The Bertz CT molecular complexity index is 1200. The van der Waals surface area contributed by atoms with Gasteiger partial charge >= 0.3 is 0 Å². The van der Waals surface area contributed by atoms with Gasteiger partial charge in [-0.05, 0) is 41.5 Å². The summed E-state index contributed by atoms with van der Waals surface area (Å²) < 4.78 is 14.2. The molecule has 0 aromatic heterocycles. The Hall–Kier alpha value is -4.13. The van der Waals surface area contributed by atoms with Gasteiger partial charge in [-0.25, -0.2) is 4.39 Å². The molecule has 150 valence electrons. The zero-order valence-corrected chi connectivity index (χ0v) is 15.6. The predicted molar refractivity (Wildman–Crippen MR) is 109 cm³/mol. The molecule has 0 atom stereocenters. The third-order valence-electron chi connectivity index (χ3n) is 4.80. The molecule has 1 aliphatic rings. The SMILES string of the molecule is O=C1NC(=O)c2ccc(-c3ccccc3F)cc2/C1=C\NCc1ccc(O)c(O)c1. The minimum absolute atomic E-state index is 0.225. The van der Waals surface area contributed by atoms with Crippen molar-refractivity contribution in [3.63, 3.8) is 0 Å².